The molecule has 1 N–H and O–H groups in total. The highest BCUT2D eigenvalue weighted by Crippen LogP contribution is 2.38. The van der Waals surface area contributed by atoms with E-state index in [4.69, 9.17) is 8.94 Å². The van der Waals surface area contributed by atoms with E-state index in [0.717, 1.165) is 18.9 Å². The van der Waals surface area contributed by atoms with E-state index < -0.39 is 11.7 Å². The van der Waals surface area contributed by atoms with Crippen molar-refractivity contribution in [3.05, 3.63) is 47.8 Å². The molecule has 0 spiro atoms. The van der Waals surface area contributed by atoms with E-state index >= 15 is 0 Å². The van der Waals surface area contributed by atoms with Crippen molar-refractivity contribution < 1.29 is 26.9 Å². The maximum atomic E-state index is 13.2. The first-order valence-electron chi connectivity index (χ1n) is 8.29. The van der Waals surface area contributed by atoms with Crippen molar-refractivity contribution >= 4 is 5.91 Å². The number of nitrogens with zero attached hydrogens (tertiary/aromatic N) is 2. The summed E-state index contributed by atoms with van der Waals surface area (Å²) in [5.74, 6) is 0.133. The molecule has 0 atom stereocenters. The van der Waals surface area contributed by atoms with Crippen molar-refractivity contribution in [1.82, 2.24) is 15.5 Å². The van der Waals surface area contributed by atoms with Crippen LogP contribution in [0.1, 0.15) is 24.2 Å². The van der Waals surface area contributed by atoms with Crippen molar-refractivity contribution in [2.75, 3.05) is 0 Å². The summed E-state index contributed by atoms with van der Waals surface area (Å²) < 4.78 is 50.0. The number of hydrogen-bond acceptors (Lipinski definition) is 5. The lowest BCUT2D eigenvalue weighted by Gasteiger charge is -2.10. The fraction of sp³-hybridized carbons (Fsp3) is 0.278. The van der Waals surface area contributed by atoms with Crippen LogP contribution in [0.15, 0.2) is 45.3 Å². The molecule has 1 aliphatic rings. The first-order valence-corrected chi connectivity index (χ1v) is 8.29. The Morgan fingerprint density at radius 3 is 2.63 bits per heavy atom. The fourth-order valence-corrected chi connectivity index (χ4v) is 2.62. The molecule has 9 heteroatoms. The molecule has 0 aliphatic heterocycles. The van der Waals surface area contributed by atoms with Crippen molar-refractivity contribution in [3.63, 3.8) is 0 Å². The number of halogens is 3. The lowest BCUT2D eigenvalue weighted by atomic mass is 10.1. The van der Waals surface area contributed by atoms with Gasteiger partial charge >= 0.3 is 6.18 Å². The van der Waals surface area contributed by atoms with Crippen LogP contribution >= 0.6 is 0 Å². The third-order valence-corrected chi connectivity index (χ3v) is 4.04. The summed E-state index contributed by atoms with van der Waals surface area (Å²) in [6.45, 7) is 0. The first-order chi connectivity index (χ1) is 12.9. The molecule has 0 bridgehead atoms. The second kappa shape index (κ2) is 6.57. The highest BCUT2D eigenvalue weighted by Gasteiger charge is 2.34. The standard InChI is InChI=1S/C18H14F3N3O3/c19-18(20,21)12-4-2-1-3-11(12)13-7-8-14(26-13)17-23-15(24-27-17)9-16(25)22-10-5-6-10/h1-4,7-8,10H,5-6,9H2,(H,22,25). The zero-order valence-electron chi connectivity index (χ0n) is 13.9. The maximum absolute atomic E-state index is 13.2. The van der Waals surface area contributed by atoms with Crippen LogP contribution in [0.4, 0.5) is 13.2 Å². The highest BCUT2D eigenvalue weighted by molar-refractivity contribution is 5.78. The summed E-state index contributed by atoms with van der Waals surface area (Å²) >= 11 is 0. The van der Waals surface area contributed by atoms with E-state index in [9.17, 15) is 18.0 Å². The van der Waals surface area contributed by atoms with Gasteiger partial charge in [0.25, 0.3) is 5.89 Å². The van der Waals surface area contributed by atoms with Crippen LogP contribution in [0, 0.1) is 0 Å². The number of hydrogen-bond donors (Lipinski definition) is 1. The Balaban J connectivity index is 1.54. The van der Waals surface area contributed by atoms with E-state index in [0.29, 0.717) is 0 Å². The number of amides is 1. The van der Waals surface area contributed by atoms with Crippen molar-refractivity contribution in [3.8, 4) is 23.0 Å². The van der Waals surface area contributed by atoms with Crippen LogP contribution < -0.4 is 5.32 Å². The molecule has 1 saturated carbocycles. The van der Waals surface area contributed by atoms with Gasteiger partial charge in [-0.1, -0.05) is 23.4 Å². The van der Waals surface area contributed by atoms with Gasteiger partial charge in [-0.15, -0.1) is 0 Å². The van der Waals surface area contributed by atoms with Gasteiger partial charge in [-0.2, -0.15) is 18.2 Å². The average Bonchev–Trinajstić information content (AvgIpc) is 3.10. The smallest absolute Gasteiger partial charge is 0.417 e. The van der Waals surface area contributed by atoms with Gasteiger partial charge in [0.2, 0.25) is 5.91 Å². The van der Waals surface area contributed by atoms with Crippen LogP contribution in [0.3, 0.4) is 0 Å². The van der Waals surface area contributed by atoms with Crippen LogP contribution in [-0.4, -0.2) is 22.1 Å². The zero-order chi connectivity index (χ0) is 19.0. The van der Waals surface area contributed by atoms with Gasteiger partial charge in [0.15, 0.2) is 11.6 Å². The Morgan fingerprint density at radius 2 is 1.89 bits per heavy atom. The second-order valence-electron chi connectivity index (χ2n) is 6.24. The monoisotopic (exact) mass is 377 g/mol. The van der Waals surface area contributed by atoms with Crippen molar-refractivity contribution in [2.45, 2.75) is 31.5 Å². The van der Waals surface area contributed by atoms with Gasteiger partial charge in [-0.25, -0.2) is 0 Å². The molecule has 0 unspecified atom stereocenters. The zero-order valence-corrected chi connectivity index (χ0v) is 13.9. The fourth-order valence-electron chi connectivity index (χ4n) is 2.62. The molecular formula is C18H14F3N3O3. The number of carbonyl (C=O) groups is 1. The van der Waals surface area contributed by atoms with Gasteiger partial charge in [0.05, 0.1) is 12.0 Å². The molecule has 1 aliphatic carbocycles. The molecule has 0 radical (unpaired) electrons. The Kier molecular flexibility index (Phi) is 4.21. The predicted octanol–water partition coefficient (Wildman–Crippen LogP) is 3.84. The Morgan fingerprint density at radius 1 is 1.15 bits per heavy atom. The topological polar surface area (TPSA) is 81.2 Å². The predicted molar refractivity (Wildman–Crippen MR) is 87.3 cm³/mol. The molecule has 27 heavy (non-hydrogen) atoms. The van der Waals surface area contributed by atoms with E-state index in [1.165, 1.54) is 30.3 Å². The third-order valence-electron chi connectivity index (χ3n) is 4.04. The highest BCUT2D eigenvalue weighted by atomic mass is 19.4. The van der Waals surface area contributed by atoms with Crippen LogP contribution in [0.5, 0.6) is 0 Å². The summed E-state index contributed by atoms with van der Waals surface area (Å²) in [7, 11) is 0. The molecular weight excluding hydrogens is 363 g/mol. The molecule has 6 nitrogen and oxygen atoms in total. The number of carbonyl (C=O) groups excluding carboxylic acids is 1. The van der Waals surface area contributed by atoms with Gasteiger partial charge in [0.1, 0.15) is 5.76 Å². The van der Waals surface area contributed by atoms with E-state index in [1.54, 1.807) is 0 Å². The maximum Gasteiger partial charge on any atom is 0.417 e. The van der Waals surface area contributed by atoms with Gasteiger partial charge < -0.3 is 14.3 Å². The minimum Gasteiger partial charge on any atom is -0.451 e. The SMILES string of the molecule is O=C(Cc1noc(-c2ccc(-c3ccccc3C(F)(F)F)o2)n1)NC1CC1. The summed E-state index contributed by atoms with van der Waals surface area (Å²) in [4.78, 5) is 15.8. The summed E-state index contributed by atoms with van der Waals surface area (Å²) in [6, 6.07) is 8.20. The number of nitrogens with one attached hydrogen (secondary N) is 1. The first kappa shape index (κ1) is 17.3. The van der Waals surface area contributed by atoms with Crippen LogP contribution in [-0.2, 0) is 17.4 Å². The van der Waals surface area contributed by atoms with Gasteiger partial charge in [0, 0.05) is 11.6 Å². The molecule has 2 heterocycles. The minimum absolute atomic E-state index is 0.0000354. The lowest BCUT2D eigenvalue weighted by Crippen LogP contribution is -2.27. The molecule has 3 aromatic rings. The van der Waals surface area contributed by atoms with E-state index in [1.807, 2.05) is 0 Å². The number of benzene rings is 1. The van der Waals surface area contributed by atoms with Crippen LogP contribution in [0.2, 0.25) is 0 Å². The molecule has 1 fully saturated rings. The number of rotatable bonds is 5. The Labute approximate surface area is 151 Å². The summed E-state index contributed by atoms with van der Waals surface area (Å²) in [5.41, 5.74) is -0.881. The van der Waals surface area contributed by atoms with E-state index in [-0.39, 0.29) is 47.2 Å². The minimum atomic E-state index is -4.50. The number of aromatic nitrogens is 2. The third kappa shape index (κ3) is 3.86. The van der Waals surface area contributed by atoms with Gasteiger partial charge in [-0.05, 0) is 31.0 Å². The largest absolute Gasteiger partial charge is 0.451 e. The molecule has 4 rings (SSSR count). The summed E-state index contributed by atoms with van der Waals surface area (Å²) in [6.07, 6.45) is -2.60. The second-order valence-corrected chi connectivity index (χ2v) is 6.24. The Bertz CT molecular complexity index is 973. The molecule has 140 valence electrons. The molecule has 0 saturated heterocycles. The van der Waals surface area contributed by atoms with Crippen molar-refractivity contribution in [1.29, 1.82) is 0 Å². The lowest BCUT2D eigenvalue weighted by molar-refractivity contribution is -0.137. The van der Waals surface area contributed by atoms with Crippen LogP contribution in [0.25, 0.3) is 23.0 Å². The Hall–Kier alpha value is -3.10. The molecule has 2 aromatic heterocycles. The molecule has 1 amide bonds. The van der Waals surface area contributed by atoms with Crippen molar-refractivity contribution in [2.24, 2.45) is 0 Å². The van der Waals surface area contributed by atoms with Gasteiger partial charge in [-0.3, -0.25) is 4.79 Å². The summed E-state index contributed by atoms with van der Waals surface area (Å²) in [5, 5.41) is 6.52. The normalized spacial score (nSPS) is 14.3. The quantitative estimate of drug-likeness (QED) is 0.731. The number of alkyl halides is 3. The van der Waals surface area contributed by atoms with E-state index in [2.05, 4.69) is 15.5 Å². The molecule has 1 aromatic carbocycles. The average molecular weight is 377 g/mol. The number of furan rings is 1.